The number of nitrogens with one attached hydrogen (secondary N) is 1. The Kier molecular flexibility index (Phi) is 7.77. The van der Waals surface area contributed by atoms with Gasteiger partial charge in [-0.25, -0.2) is 8.42 Å². The molecule has 1 heterocycles. The zero-order chi connectivity index (χ0) is 24.0. The van der Waals surface area contributed by atoms with Crippen molar-refractivity contribution in [1.82, 2.24) is 4.31 Å². The highest BCUT2D eigenvalue weighted by atomic mass is 32.2. The molecular weight excluding hydrogens is 450 g/mol. The lowest BCUT2D eigenvalue weighted by molar-refractivity contribution is -0.120. The molecular formula is C22H27N3O7S. The average molecular weight is 478 g/mol. The van der Waals surface area contributed by atoms with Gasteiger partial charge in [0.25, 0.3) is 11.8 Å². The van der Waals surface area contributed by atoms with Crippen LogP contribution in [0.1, 0.15) is 29.6 Å². The number of carbonyl (C=O) groups is 2. The Morgan fingerprint density at radius 2 is 1.58 bits per heavy atom. The molecule has 0 unspecified atom stereocenters. The molecule has 0 saturated carbocycles. The average Bonchev–Trinajstić information content (AvgIpc) is 2.82. The van der Waals surface area contributed by atoms with Crippen molar-refractivity contribution in [3.05, 3.63) is 42.0 Å². The third-order valence-corrected chi connectivity index (χ3v) is 7.06. The monoisotopic (exact) mass is 477 g/mol. The zero-order valence-electron chi connectivity index (χ0n) is 18.5. The topological polar surface area (TPSA) is 137 Å². The van der Waals surface area contributed by atoms with Crippen LogP contribution in [0.25, 0.3) is 0 Å². The van der Waals surface area contributed by atoms with E-state index in [0.717, 1.165) is 19.3 Å². The van der Waals surface area contributed by atoms with Gasteiger partial charge < -0.3 is 25.3 Å². The van der Waals surface area contributed by atoms with Gasteiger partial charge >= 0.3 is 0 Å². The molecule has 178 valence electrons. The van der Waals surface area contributed by atoms with Gasteiger partial charge in [-0.1, -0.05) is 6.42 Å². The number of ether oxygens (including phenoxy) is 3. The SMILES string of the molecule is COc1cc(C(=O)Nc2ccc(S(=O)(=O)N3CCCCC3)cc2)cc(OC)c1OCC(N)=O. The summed E-state index contributed by atoms with van der Waals surface area (Å²) in [7, 11) is -0.785. The number of nitrogens with two attached hydrogens (primary N) is 1. The van der Waals surface area contributed by atoms with Crippen molar-refractivity contribution >= 4 is 27.5 Å². The lowest BCUT2D eigenvalue weighted by Gasteiger charge is -2.25. The second-order valence-corrected chi connectivity index (χ2v) is 9.35. The minimum atomic E-state index is -3.55. The van der Waals surface area contributed by atoms with Gasteiger partial charge in [0.05, 0.1) is 19.1 Å². The minimum absolute atomic E-state index is 0.141. The molecule has 0 aromatic heterocycles. The number of nitrogens with zero attached hydrogens (tertiary/aromatic N) is 1. The molecule has 2 aromatic rings. The summed E-state index contributed by atoms with van der Waals surface area (Å²) in [6, 6.07) is 8.89. The number of benzene rings is 2. The second kappa shape index (κ2) is 10.5. The first-order valence-corrected chi connectivity index (χ1v) is 11.8. The van der Waals surface area contributed by atoms with E-state index in [-0.39, 0.29) is 34.3 Å². The number of rotatable bonds is 9. The fourth-order valence-corrected chi connectivity index (χ4v) is 4.98. The molecule has 0 bridgehead atoms. The molecule has 2 aromatic carbocycles. The number of hydrogen-bond acceptors (Lipinski definition) is 7. The lowest BCUT2D eigenvalue weighted by Crippen LogP contribution is -2.35. The molecule has 1 aliphatic rings. The fraction of sp³-hybridized carbons (Fsp3) is 0.364. The maximum atomic E-state index is 12.8. The van der Waals surface area contributed by atoms with E-state index in [1.54, 1.807) is 0 Å². The van der Waals surface area contributed by atoms with Crippen LogP contribution < -0.4 is 25.3 Å². The maximum Gasteiger partial charge on any atom is 0.255 e. The predicted molar refractivity (Wildman–Crippen MR) is 121 cm³/mol. The smallest absolute Gasteiger partial charge is 0.255 e. The number of primary amides is 1. The van der Waals surface area contributed by atoms with Crippen molar-refractivity contribution in [3.8, 4) is 17.2 Å². The number of methoxy groups -OCH3 is 2. The van der Waals surface area contributed by atoms with Gasteiger partial charge in [0.1, 0.15) is 0 Å². The first kappa shape index (κ1) is 24.3. The Labute approximate surface area is 192 Å². The summed E-state index contributed by atoms with van der Waals surface area (Å²) in [5.74, 6) is -0.638. The van der Waals surface area contributed by atoms with Crippen molar-refractivity contribution in [2.45, 2.75) is 24.2 Å². The van der Waals surface area contributed by atoms with E-state index in [2.05, 4.69) is 5.32 Å². The van der Waals surface area contributed by atoms with Gasteiger partial charge in [0.15, 0.2) is 18.1 Å². The molecule has 1 aliphatic heterocycles. The molecule has 1 fully saturated rings. The molecule has 2 amide bonds. The predicted octanol–water partition coefficient (Wildman–Crippen LogP) is 1.99. The van der Waals surface area contributed by atoms with E-state index in [1.165, 1.54) is 54.9 Å². The number of sulfonamides is 1. The Balaban J connectivity index is 1.77. The fourth-order valence-electron chi connectivity index (χ4n) is 3.46. The number of piperidine rings is 1. The molecule has 0 aliphatic carbocycles. The number of anilines is 1. The Morgan fingerprint density at radius 1 is 1.00 bits per heavy atom. The molecule has 3 rings (SSSR count). The van der Waals surface area contributed by atoms with Crippen LogP contribution >= 0.6 is 0 Å². The zero-order valence-corrected chi connectivity index (χ0v) is 19.3. The van der Waals surface area contributed by atoms with E-state index in [1.807, 2.05) is 0 Å². The summed E-state index contributed by atoms with van der Waals surface area (Å²) in [6.07, 6.45) is 2.74. The summed E-state index contributed by atoms with van der Waals surface area (Å²) in [6.45, 7) is 0.651. The van der Waals surface area contributed by atoms with Crippen molar-refractivity contribution in [2.24, 2.45) is 5.73 Å². The molecule has 11 heteroatoms. The van der Waals surface area contributed by atoms with Crippen LogP contribution in [0.2, 0.25) is 0 Å². The first-order chi connectivity index (χ1) is 15.8. The van der Waals surface area contributed by atoms with Crippen LogP contribution in [0, 0.1) is 0 Å². The Bertz CT molecular complexity index is 1090. The largest absolute Gasteiger partial charge is 0.493 e. The summed E-state index contributed by atoms with van der Waals surface area (Å²) < 4.78 is 42.9. The molecule has 0 atom stereocenters. The van der Waals surface area contributed by atoms with E-state index in [0.29, 0.717) is 18.8 Å². The summed E-state index contributed by atoms with van der Waals surface area (Å²) >= 11 is 0. The standard InChI is InChI=1S/C22H27N3O7S/c1-30-18-12-15(13-19(31-2)21(18)32-14-20(23)26)22(27)24-16-6-8-17(9-7-16)33(28,29)25-10-4-3-5-11-25/h6-9,12-13H,3-5,10-11,14H2,1-2H3,(H2,23,26)(H,24,27). The van der Waals surface area contributed by atoms with Crippen LogP contribution in [-0.4, -0.2) is 58.5 Å². The quantitative estimate of drug-likeness (QED) is 0.563. The molecule has 0 spiro atoms. The highest BCUT2D eigenvalue weighted by Gasteiger charge is 2.26. The van der Waals surface area contributed by atoms with Gasteiger partial charge in [-0.05, 0) is 49.2 Å². The highest BCUT2D eigenvalue weighted by molar-refractivity contribution is 7.89. The highest BCUT2D eigenvalue weighted by Crippen LogP contribution is 2.38. The van der Waals surface area contributed by atoms with Gasteiger partial charge in [0.2, 0.25) is 15.8 Å². The number of hydrogen-bond donors (Lipinski definition) is 2. The minimum Gasteiger partial charge on any atom is -0.493 e. The molecule has 1 saturated heterocycles. The van der Waals surface area contributed by atoms with Crippen LogP contribution in [0.3, 0.4) is 0 Å². The van der Waals surface area contributed by atoms with Crippen LogP contribution in [0.5, 0.6) is 17.2 Å². The summed E-state index contributed by atoms with van der Waals surface area (Å²) in [4.78, 5) is 24.0. The van der Waals surface area contributed by atoms with Crippen molar-refractivity contribution in [1.29, 1.82) is 0 Å². The summed E-state index contributed by atoms with van der Waals surface area (Å²) in [5.41, 5.74) is 5.75. The summed E-state index contributed by atoms with van der Waals surface area (Å²) in [5, 5.41) is 2.72. The molecule has 3 N–H and O–H groups in total. The van der Waals surface area contributed by atoms with Crippen molar-refractivity contribution in [2.75, 3.05) is 39.2 Å². The van der Waals surface area contributed by atoms with Gasteiger partial charge in [-0.2, -0.15) is 4.31 Å². The van der Waals surface area contributed by atoms with E-state index in [9.17, 15) is 18.0 Å². The molecule has 10 nitrogen and oxygen atoms in total. The van der Waals surface area contributed by atoms with Crippen molar-refractivity contribution < 1.29 is 32.2 Å². The Morgan fingerprint density at radius 3 is 2.09 bits per heavy atom. The van der Waals surface area contributed by atoms with E-state index >= 15 is 0 Å². The Hall–Kier alpha value is -3.31. The van der Waals surface area contributed by atoms with E-state index in [4.69, 9.17) is 19.9 Å². The van der Waals surface area contributed by atoms with Crippen LogP contribution in [0.4, 0.5) is 5.69 Å². The van der Waals surface area contributed by atoms with Crippen LogP contribution in [0.15, 0.2) is 41.3 Å². The molecule has 33 heavy (non-hydrogen) atoms. The van der Waals surface area contributed by atoms with Gasteiger partial charge in [-0.3, -0.25) is 9.59 Å². The number of carbonyl (C=O) groups excluding carboxylic acids is 2. The van der Waals surface area contributed by atoms with Crippen molar-refractivity contribution in [3.63, 3.8) is 0 Å². The van der Waals surface area contributed by atoms with Crippen LogP contribution in [-0.2, 0) is 14.8 Å². The lowest BCUT2D eigenvalue weighted by atomic mass is 10.1. The van der Waals surface area contributed by atoms with E-state index < -0.39 is 21.8 Å². The van der Waals surface area contributed by atoms with Gasteiger partial charge in [-0.15, -0.1) is 0 Å². The normalized spacial score (nSPS) is 14.4. The number of amides is 2. The third kappa shape index (κ3) is 5.74. The second-order valence-electron chi connectivity index (χ2n) is 7.41. The molecule has 0 radical (unpaired) electrons. The first-order valence-electron chi connectivity index (χ1n) is 10.3. The third-order valence-electron chi connectivity index (χ3n) is 5.15. The van der Waals surface area contributed by atoms with Gasteiger partial charge in [0, 0.05) is 24.3 Å². The maximum absolute atomic E-state index is 12.8.